The fourth-order valence-electron chi connectivity index (χ4n) is 6.43. The highest BCUT2D eigenvalue weighted by molar-refractivity contribution is 5.96. The number of hydrogen-bond donors (Lipinski definition) is 0. The SMILES string of the molecule is CCCCCCCCCCCCCCCCC=CN(C=CCCCCCCCCCCCCCCCC)C(=O)c1ccccc1C. The second-order valence-electron chi connectivity index (χ2n) is 14.1. The number of carbonyl (C=O) groups excluding carboxylic acids is 1. The lowest BCUT2D eigenvalue weighted by atomic mass is 10.0. The topological polar surface area (TPSA) is 20.3 Å². The van der Waals surface area contributed by atoms with Gasteiger partial charge in [0.2, 0.25) is 0 Å². The fourth-order valence-corrected chi connectivity index (χ4v) is 6.43. The minimum atomic E-state index is 0.0764. The highest BCUT2D eigenvalue weighted by Crippen LogP contribution is 2.16. The Labute approximate surface area is 288 Å². The molecule has 2 heteroatoms. The quantitative estimate of drug-likeness (QED) is 0.0704. The molecule has 0 aliphatic carbocycles. The molecule has 0 radical (unpaired) electrons. The Morgan fingerprint density at radius 1 is 0.478 bits per heavy atom. The van der Waals surface area contributed by atoms with Gasteiger partial charge in [-0.2, -0.15) is 0 Å². The van der Waals surface area contributed by atoms with Crippen LogP contribution in [0, 0.1) is 6.92 Å². The lowest BCUT2D eigenvalue weighted by Crippen LogP contribution is -2.21. The van der Waals surface area contributed by atoms with Crippen LogP contribution in [0.4, 0.5) is 0 Å². The second-order valence-corrected chi connectivity index (χ2v) is 14.1. The Balaban J connectivity index is 2.20. The van der Waals surface area contributed by atoms with Gasteiger partial charge in [0, 0.05) is 18.0 Å². The average molecular weight is 636 g/mol. The Bertz CT molecular complexity index is 813. The number of rotatable bonds is 33. The van der Waals surface area contributed by atoms with Gasteiger partial charge in [0.15, 0.2) is 0 Å². The second kappa shape index (κ2) is 33.1. The molecule has 2 nitrogen and oxygen atoms in total. The van der Waals surface area contributed by atoms with E-state index in [1.165, 1.54) is 180 Å². The maximum Gasteiger partial charge on any atom is 0.262 e. The summed E-state index contributed by atoms with van der Waals surface area (Å²) in [6, 6.07) is 7.96. The first-order chi connectivity index (χ1) is 22.7. The van der Waals surface area contributed by atoms with Gasteiger partial charge in [-0.1, -0.05) is 211 Å². The number of benzene rings is 1. The van der Waals surface area contributed by atoms with E-state index in [4.69, 9.17) is 0 Å². The number of hydrogen-bond acceptors (Lipinski definition) is 1. The summed E-state index contributed by atoms with van der Waals surface area (Å²) in [6.07, 6.45) is 49.3. The highest BCUT2D eigenvalue weighted by atomic mass is 16.2. The summed E-state index contributed by atoms with van der Waals surface area (Å²) in [4.78, 5) is 15.2. The molecule has 1 aromatic carbocycles. The zero-order chi connectivity index (χ0) is 33.2. The molecule has 0 saturated carbocycles. The summed E-state index contributed by atoms with van der Waals surface area (Å²) in [5, 5.41) is 0. The van der Waals surface area contributed by atoms with Gasteiger partial charge in [0.25, 0.3) is 5.91 Å². The average Bonchev–Trinajstić information content (AvgIpc) is 3.06. The van der Waals surface area contributed by atoms with Crippen LogP contribution < -0.4 is 0 Å². The van der Waals surface area contributed by atoms with E-state index in [0.717, 1.165) is 24.0 Å². The molecule has 0 bridgehead atoms. The molecule has 264 valence electrons. The zero-order valence-corrected chi connectivity index (χ0v) is 31.2. The normalized spacial score (nSPS) is 11.7. The number of unbranched alkanes of at least 4 members (excludes halogenated alkanes) is 28. The third kappa shape index (κ3) is 25.3. The van der Waals surface area contributed by atoms with E-state index in [-0.39, 0.29) is 5.91 Å². The maximum absolute atomic E-state index is 13.4. The summed E-state index contributed by atoms with van der Waals surface area (Å²) in [5.41, 5.74) is 1.84. The fraction of sp³-hybridized carbons (Fsp3) is 0.750. The van der Waals surface area contributed by atoms with E-state index in [0.29, 0.717) is 0 Å². The van der Waals surface area contributed by atoms with Gasteiger partial charge in [0.05, 0.1) is 0 Å². The van der Waals surface area contributed by atoms with Gasteiger partial charge in [-0.25, -0.2) is 0 Å². The van der Waals surface area contributed by atoms with Crippen molar-refractivity contribution in [2.45, 2.75) is 213 Å². The number of nitrogens with zero attached hydrogens (tertiary/aromatic N) is 1. The van der Waals surface area contributed by atoms with E-state index >= 15 is 0 Å². The summed E-state index contributed by atoms with van der Waals surface area (Å²) in [7, 11) is 0. The van der Waals surface area contributed by atoms with Crippen LogP contribution in [0.5, 0.6) is 0 Å². The van der Waals surface area contributed by atoms with Gasteiger partial charge >= 0.3 is 0 Å². The van der Waals surface area contributed by atoms with Crippen molar-refractivity contribution in [2.24, 2.45) is 0 Å². The first-order valence-corrected chi connectivity index (χ1v) is 20.4. The molecule has 0 fully saturated rings. The van der Waals surface area contributed by atoms with Crippen LogP contribution in [0.3, 0.4) is 0 Å². The number of aryl methyl sites for hydroxylation is 1. The van der Waals surface area contributed by atoms with Crippen LogP contribution in [0.1, 0.15) is 222 Å². The van der Waals surface area contributed by atoms with Crippen molar-refractivity contribution < 1.29 is 4.79 Å². The van der Waals surface area contributed by atoms with Crippen molar-refractivity contribution in [2.75, 3.05) is 0 Å². The van der Waals surface area contributed by atoms with E-state index < -0.39 is 0 Å². The number of allylic oxidation sites excluding steroid dienone is 2. The largest absolute Gasteiger partial charge is 0.291 e. The zero-order valence-electron chi connectivity index (χ0n) is 31.2. The smallest absolute Gasteiger partial charge is 0.262 e. The van der Waals surface area contributed by atoms with Crippen molar-refractivity contribution in [1.82, 2.24) is 4.90 Å². The Morgan fingerprint density at radius 3 is 1.11 bits per heavy atom. The molecule has 0 aliphatic heterocycles. The first kappa shape index (κ1) is 42.2. The molecule has 1 rings (SSSR count). The molecular formula is C44H77NO. The molecule has 46 heavy (non-hydrogen) atoms. The molecule has 0 unspecified atom stereocenters. The van der Waals surface area contributed by atoms with Crippen LogP contribution in [0.2, 0.25) is 0 Å². The monoisotopic (exact) mass is 636 g/mol. The van der Waals surface area contributed by atoms with Crippen molar-refractivity contribution in [3.05, 3.63) is 59.9 Å². The molecule has 0 aliphatic rings. The molecule has 0 N–H and O–H groups in total. The van der Waals surface area contributed by atoms with Gasteiger partial charge in [-0.05, 0) is 44.2 Å². The number of amides is 1. The van der Waals surface area contributed by atoms with Crippen LogP contribution in [0.25, 0.3) is 0 Å². The van der Waals surface area contributed by atoms with Crippen LogP contribution >= 0.6 is 0 Å². The summed E-state index contributed by atoms with van der Waals surface area (Å²) < 4.78 is 0. The predicted octanol–water partition coefficient (Wildman–Crippen LogP) is 15.2. The van der Waals surface area contributed by atoms with Gasteiger partial charge < -0.3 is 0 Å². The molecule has 0 spiro atoms. The molecule has 0 heterocycles. The van der Waals surface area contributed by atoms with Crippen LogP contribution in [0.15, 0.2) is 48.8 Å². The highest BCUT2D eigenvalue weighted by Gasteiger charge is 2.13. The van der Waals surface area contributed by atoms with Crippen molar-refractivity contribution in [3.63, 3.8) is 0 Å². The summed E-state index contributed by atoms with van der Waals surface area (Å²) in [6.45, 7) is 6.62. The van der Waals surface area contributed by atoms with Gasteiger partial charge in [-0.3, -0.25) is 9.69 Å². The standard InChI is InChI=1S/C44H77NO/c1-4-6-8-10-12-14-16-18-20-22-24-26-28-30-32-36-40-45(44(46)43-39-35-34-38-42(43)3)41-37-33-31-29-27-25-23-21-19-17-15-13-11-9-7-5-2/h34-41H,4-33H2,1-3H3. The third-order valence-electron chi connectivity index (χ3n) is 9.59. The molecule has 1 amide bonds. The molecule has 0 saturated heterocycles. The van der Waals surface area contributed by atoms with E-state index in [1.54, 1.807) is 0 Å². The van der Waals surface area contributed by atoms with E-state index in [2.05, 4.69) is 26.0 Å². The third-order valence-corrected chi connectivity index (χ3v) is 9.59. The van der Waals surface area contributed by atoms with E-state index in [1.807, 2.05) is 48.5 Å². The van der Waals surface area contributed by atoms with E-state index in [9.17, 15) is 4.79 Å². The maximum atomic E-state index is 13.4. The lowest BCUT2D eigenvalue weighted by molar-refractivity contribution is 0.0868. The van der Waals surface area contributed by atoms with Crippen molar-refractivity contribution in [1.29, 1.82) is 0 Å². The van der Waals surface area contributed by atoms with Gasteiger partial charge in [-0.15, -0.1) is 0 Å². The minimum Gasteiger partial charge on any atom is -0.291 e. The van der Waals surface area contributed by atoms with Crippen molar-refractivity contribution >= 4 is 5.91 Å². The molecule has 1 aromatic rings. The molecular weight excluding hydrogens is 558 g/mol. The summed E-state index contributed by atoms with van der Waals surface area (Å²) >= 11 is 0. The van der Waals surface area contributed by atoms with Crippen molar-refractivity contribution in [3.8, 4) is 0 Å². The molecule has 0 atom stereocenters. The predicted molar refractivity (Wildman–Crippen MR) is 205 cm³/mol. The first-order valence-electron chi connectivity index (χ1n) is 20.4. The molecule has 0 aromatic heterocycles. The van der Waals surface area contributed by atoms with Crippen LogP contribution in [-0.2, 0) is 0 Å². The number of carbonyl (C=O) groups is 1. The van der Waals surface area contributed by atoms with Crippen LogP contribution in [-0.4, -0.2) is 10.8 Å². The Hall–Kier alpha value is -1.83. The summed E-state index contributed by atoms with van der Waals surface area (Å²) in [5.74, 6) is 0.0764. The Kier molecular flexibility index (Phi) is 30.3. The minimum absolute atomic E-state index is 0.0764. The van der Waals surface area contributed by atoms with Gasteiger partial charge in [0.1, 0.15) is 0 Å². The lowest BCUT2D eigenvalue weighted by Gasteiger charge is -2.15. The Morgan fingerprint density at radius 2 is 0.783 bits per heavy atom.